The molecule has 0 radical (unpaired) electrons. The van der Waals surface area contributed by atoms with Gasteiger partial charge in [-0.2, -0.15) is 0 Å². The summed E-state index contributed by atoms with van der Waals surface area (Å²) < 4.78 is 7.36. The van der Waals surface area contributed by atoms with Gasteiger partial charge >= 0.3 is 0 Å². The molecule has 0 aromatic carbocycles. The Morgan fingerprint density at radius 1 is 1.28 bits per heavy atom. The van der Waals surface area contributed by atoms with E-state index in [0.29, 0.717) is 6.54 Å². The number of nitrogens with one attached hydrogen (secondary N) is 1. The highest BCUT2D eigenvalue weighted by atomic mass is 32.1. The molecular formula is C22H28N4O2S. The van der Waals surface area contributed by atoms with Crippen LogP contribution in [0.1, 0.15) is 54.9 Å². The summed E-state index contributed by atoms with van der Waals surface area (Å²) in [6, 6.07) is 9.77. The molecule has 0 saturated carbocycles. The van der Waals surface area contributed by atoms with Gasteiger partial charge in [0.05, 0.1) is 17.7 Å². The second-order valence-electron chi connectivity index (χ2n) is 8.56. The van der Waals surface area contributed by atoms with E-state index in [1.54, 1.807) is 7.11 Å². The normalized spacial score (nSPS) is 17.5. The number of nitrogens with zero attached hydrogens (tertiary/aromatic N) is 3. The van der Waals surface area contributed by atoms with Gasteiger partial charge in [-0.1, -0.05) is 17.4 Å². The first-order valence-corrected chi connectivity index (χ1v) is 10.9. The minimum atomic E-state index is -0.0851. The molecule has 1 N–H and O–H groups in total. The van der Waals surface area contributed by atoms with Crippen LogP contribution in [0.3, 0.4) is 0 Å². The van der Waals surface area contributed by atoms with Gasteiger partial charge < -0.3 is 15.0 Å². The van der Waals surface area contributed by atoms with Crippen LogP contribution in [0.5, 0.6) is 5.06 Å². The minimum Gasteiger partial charge on any atom is -0.487 e. The number of imidazole rings is 1. The number of ether oxygens (including phenoxy) is 1. The Kier molecular flexibility index (Phi) is 5.25. The number of fused-ring (bicyclic) bond motifs is 1. The monoisotopic (exact) mass is 412 g/mol. The Morgan fingerprint density at radius 3 is 2.83 bits per heavy atom. The summed E-state index contributed by atoms with van der Waals surface area (Å²) in [5.74, 6) is 1.32. The van der Waals surface area contributed by atoms with Crippen molar-refractivity contribution < 1.29 is 9.53 Å². The van der Waals surface area contributed by atoms with Gasteiger partial charge in [0.15, 0.2) is 5.06 Å². The van der Waals surface area contributed by atoms with Crippen molar-refractivity contribution in [2.24, 2.45) is 0 Å². The third-order valence-corrected chi connectivity index (χ3v) is 6.17. The van der Waals surface area contributed by atoms with Gasteiger partial charge in [-0.3, -0.25) is 9.20 Å². The maximum atomic E-state index is 13.0. The number of methoxy groups -OCH3 is 1. The van der Waals surface area contributed by atoms with Crippen LogP contribution >= 0.6 is 11.3 Å². The van der Waals surface area contributed by atoms with Crippen molar-refractivity contribution in [3.05, 3.63) is 47.1 Å². The van der Waals surface area contributed by atoms with Crippen LogP contribution in [-0.4, -0.2) is 45.9 Å². The lowest BCUT2D eigenvalue weighted by Crippen LogP contribution is -2.39. The highest BCUT2D eigenvalue weighted by molar-refractivity contribution is 7.15. The number of thiophene rings is 1. The van der Waals surface area contributed by atoms with Crippen LogP contribution in [-0.2, 0) is 0 Å². The van der Waals surface area contributed by atoms with Crippen molar-refractivity contribution in [1.29, 1.82) is 0 Å². The summed E-state index contributed by atoms with van der Waals surface area (Å²) in [5.41, 5.74) is 1.89. The standard InChI is InChI=1S/C22H28N4O2S/c1-22(2,3)24-20-19(23-17-9-5-6-13-26(17)20)15-8-7-12-25(14-15)21(27)16-10-11-18(28-4)29-16/h5-6,9-11,13,15,24H,7-8,12,14H2,1-4H3. The molecule has 1 aliphatic rings. The number of likely N-dealkylation sites (tertiary alicyclic amines) is 1. The fourth-order valence-electron chi connectivity index (χ4n) is 3.86. The number of amides is 1. The first kappa shape index (κ1) is 19.8. The fourth-order valence-corrected chi connectivity index (χ4v) is 4.65. The first-order valence-electron chi connectivity index (χ1n) is 10.0. The van der Waals surface area contributed by atoms with Crippen LogP contribution in [0, 0.1) is 0 Å². The first-order chi connectivity index (χ1) is 13.9. The highest BCUT2D eigenvalue weighted by Crippen LogP contribution is 2.35. The maximum Gasteiger partial charge on any atom is 0.264 e. The SMILES string of the molecule is COc1ccc(C(=O)N2CCCC(c3nc4ccccn4c3NC(C)(C)C)C2)s1. The molecule has 7 heteroatoms. The van der Waals surface area contributed by atoms with Gasteiger partial charge in [0.25, 0.3) is 5.91 Å². The van der Waals surface area contributed by atoms with E-state index in [0.717, 1.165) is 46.5 Å². The predicted octanol–water partition coefficient (Wildman–Crippen LogP) is 4.63. The number of anilines is 1. The van der Waals surface area contributed by atoms with Crippen molar-refractivity contribution in [2.75, 3.05) is 25.5 Å². The van der Waals surface area contributed by atoms with Crippen molar-refractivity contribution in [2.45, 2.75) is 45.1 Å². The van der Waals surface area contributed by atoms with E-state index in [2.05, 4.69) is 30.5 Å². The van der Waals surface area contributed by atoms with E-state index in [1.807, 2.05) is 41.4 Å². The fraction of sp³-hybridized carbons (Fsp3) is 0.455. The van der Waals surface area contributed by atoms with Crippen molar-refractivity contribution in [1.82, 2.24) is 14.3 Å². The molecule has 1 atom stereocenters. The summed E-state index contributed by atoms with van der Waals surface area (Å²) in [7, 11) is 1.63. The molecule has 0 aliphatic carbocycles. The number of carbonyl (C=O) groups is 1. The lowest BCUT2D eigenvalue weighted by atomic mass is 9.94. The van der Waals surface area contributed by atoms with E-state index < -0.39 is 0 Å². The second kappa shape index (κ2) is 7.71. The zero-order valence-corrected chi connectivity index (χ0v) is 18.3. The molecule has 29 heavy (non-hydrogen) atoms. The molecule has 3 aromatic rings. The number of aromatic nitrogens is 2. The third-order valence-electron chi connectivity index (χ3n) is 5.14. The summed E-state index contributed by atoms with van der Waals surface area (Å²) in [4.78, 5) is 20.7. The lowest BCUT2D eigenvalue weighted by Gasteiger charge is -2.33. The van der Waals surface area contributed by atoms with Crippen LogP contribution < -0.4 is 10.1 Å². The topological polar surface area (TPSA) is 58.9 Å². The maximum absolute atomic E-state index is 13.0. The molecule has 4 heterocycles. The summed E-state index contributed by atoms with van der Waals surface area (Å²) in [5, 5.41) is 4.40. The second-order valence-corrected chi connectivity index (χ2v) is 9.61. The molecule has 1 saturated heterocycles. The molecule has 6 nitrogen and oxygen atoms in total. The summed E-state index contributed by atoms with van der Waals surface area (Å²) in [6.45, 7) is 7.92. The Morgan fingerprint density at radius 2 is 2.10 bits per heavy atom. The minimum absolute atomic E-state index is 0.0806. The number of rotatable bonds is 4. The Balaban J connectivity index is 1.63. The molecule has 0 bridgehead atoms. The molecule has 1 fully saturated rings. The molecule has 4 rings (SSSR count). The van der Waals surface area contributed by atoms with Crippen molar-refractivity contribution in [3.63, 3.8) is 0 Å². The van der Waals surface area contributed by atoms with E-state index >= 15 is 0 Å². The number of carbonyl (C=O) groups excluding carboxylic acids is 1. The van der Waals surface area contributed by atoms with E-state index in [4.69, 9.17) is 9.72 Å². The summed E-state index contributed by atoms with van der Waals surface area (Å²) in [6.07, 6.45) is 4.05. The molecule has 3 aromatic heterocycles. The predicted molar refractivity (Wildman–Crippen MR) is 117 cm³/mol. The van der Waals surface area contributed by atoms with E-state index in [-0.39, 0.29) is 17.4 Å². The largest absolute Gasteiger partial charge is 0.487 e. The van der Waals surface area contributed by atoms with E-state index in [1.165, 1.54) is 11.3 Å². The van der Waals surface area contributed by atoms with Gasteiger partial charge in [-0.25, -0.2) is 4.98 Å². The molecule has 1 aliphatic heterocycles. The average Bonchev–Trinajstić information content (AvgIpc) is 3.32. The van der Waals surface area contributed by atoms with E-state index in [9.17, 15) is 4.79 Å². The molecular weight excluding hydrogens is 384 g/mol. The zero-order valence-electron chi connectivity index (χ0n) is 17.4. The van der Waals surface area contributed by atoms with Crippen molar-refractivity contribution >= 4 is 28.7 Å². The van der Waals surface area contributed by atoms with Crippen LogP contribution in [0.4, 0.5) is 5.82 Å². The number of pyridine rings is 1. The Hall–Kier alpha value is -2.54. The van der Waals surface area contributed by atoms with Crippen molar-refractivity contribution in [3.8, 4) is 5.06 Å². The molecule has 1 amide bonds. The van der Waals surface area contributed by atoms with Gasteiger partial charge in [-0.05, 0) is 57.9 Å². The number of hydrogen-bond acceptors (Lipinski definition) is 5. The average molecular weight is 413 g/mol. The zero-order chi connectivity index (χ0) is 20.6. The molecule has 154 valence electrons. The summed E-state index contributed by atoms with van der Waals surface area (Å²) >= 11 is 1.40. The van der Waals surface area contributed by atoms with Gasteiger partial charge in [0.1, 0.15) is 11.5 Å². The lowest BCUT2D eigenvalue weighted by molar-refractivity contribution is 0.0711. The highest BCUT2D eigenvalue weighted by Gasteiger charge is 2.31. The number of piperidine rings is 1. The van der Waals surface area contributed by atoms with Crippen LogP contribution in [0.2, 0.25) is 0 Å². The number of hydrogen-bond donors (Lipinski definition) is 1. The Bertz CT molecular complexity index is 1020. The van der Waals surface area contributed by atoms with Crippen LogP contribution in [0.15, 0.2) is 36.5 Å². The van der Waals surface area contributed by atoms with Gasteiger partial charge in [0.2, 0.25) is 0 Å². The third kappa shape index (κ3) is 4.10. The van der Waals surface area contributed by atoms with Crippen LogP contribution in [0.25, 0.3) is 5.65 Å². The molecule has 1 unspecified atom stereocenters. The van der Waals surface area contributed by atoms with Gasteiger partial charge in [0, 0.05) is 30.7 Å². The quantitative estimate of drug-likeness (QED) is 0.678. The Labute approximate surface area is 175 Å². The smallest absolute Gasteiger partial charge is 0.264 e. The van der Waals surface area contributed by atoms with Gasteiger partial charge in [-0.15, -0.1) is 0 Å². The molecule has 0 spiro atoms.